The molecule has 0 radical (unpaired) electrons. The van der Waals surface area contributed by atoms with Crippen molar-refractivity contribution in [2.75, 3.05) is 19.5 Å². The van der Waals surface area contributed by atoms with Crippen LogP contribution in [0, 0.1) is 0 Å². The van der Waals surface area contributed by atoms with E-state index in [0.717, 1.165) is 16.3 Å². The van der Waals surface area contributed by atoms with Crippen LogP contribution in [-0.4, -0.2) is 35.3 Å². The van der Waals surface area contributed by atoms with Gasteiger partial charge in [-0.1, -0.05) is 29.5 Å². The average molecular weight is 332 g/mol. The average Bonchev–Trinajstić information content (AvgIpc) is 3.33. The fourth-order valence-corrected chi connectivity index (χ4v) is 3.26. The van der Waals surface area contributed by atoms with Crippen molar-refractivity contribution in [2.45, 2.75) is 31.7 Å². The summed E-state index contributed by atoms with van der Waals surface area (Å²) in [6, 6.07) is 7.37. The Bertz CT molecular complexity index is 699. The number of para-hydroxylation sites is 1. The van der Waals surface area contributed by atoms with Crippen molar-refractivity contribution in [1.82, 2.24) is 15.1 Å². The number of hydrogen-bond donors (Lipinski definition) is 1. The van der Waals surface area contributed by atoms with Gasteiger partial charge in [0.25, 0.3) is 0 Å². The van der Waals surface area contributed by atoms with E-state index in [1.165, 1.54) is 24.2 Å². The van der Waals surface area contributed by atoms with Gasteiger partial charge in [0.15, 0.2) is 0 Å². The van der Waals surface area contributed by atoms with Gasteiger partial charge in [-0.15, -0.1) is 10.2 Å². The summed E-state index contributed by atoms with van der Waals surface area (Å²) in [5, 5.41) is 12.6. The van der Waals surface area contributed by atoms with Crippen molar-refractivity contribution < 1.29 is 9.53 Å². The zero-order chi connectivity index (χ0) is 16.4. The van der Waals surface area contributed by atoms with Crippen LogP contribution in [0.2, 0.25) is 0 Å². The second-order valence-corrected chi connectivity index (χ2v) is 6.69. The molecule has 0 bridgehead atoms. The fourth-order valence-electron chi connectivity index (χ4n) is 2.36. The molecule has 3 rings (SSSR count). The lowest BCUT2D eigenvalue weighted by atomic mass is 10.1. The Morgan fingerprint density at radius 3 is 2.83 bits per heavy atom. The highest BCUT2D eigenvalue weighted by molar-refractivity contribution is 7.15. The molecule has 1 saturated carbocycles. The van der Waals surface area contributed by atoms with Crippen molar-refractivity contribution in [3.8, 4) is 5.75 Å². The van der Waals surface area contributed by atoms with Crippen LogP contribution in [0.15, 0.2) is 24.3 Å². The van der Waals surface area contributed by atoms with Gasteiger partial charge in [0.2, 0.25) is 5.13 Å². The SMILES string of the molecule is COc1ccccc1[C@@H](C)N(C)C(=O)Nc1nnc(C2CC2)s1. The predicted octanol–water partition coefficient (Wildman–Crippen LogP) is 3.65. The molecule has 0 saturated heterocycles. The van der Waals surface area contributed by atoms with Crippen molar-refractivity contribution in [1.29, 1.82) is 0 Å². The number of carbonyl (C=O) groups is 1. The molecule has 1 heterocycles. The Kier molecular flexibility index (Phi) is 4.47. The Morgan fingerprint density at radius 2 is 2.13 bits per heavy atom. The number of methoxy groups -OCH3 is 1. The van der Waals surface area contributed by atoms with Gasteiger partial charge >= 0.3 is 6.03 Å². The minimum atomic E-state index is -0.207. The Hall–Kier alpha value is -2.15. The number of ether oxygens (including phenoxy) is 1. The van der Waals surface area contributed by atoms with Crippen molar-refractivity contribution in [2.24, 2.45) is 0 Å². The summed E-state index contributed by atoms with van der Waals surface area (Å²) in [6.07, 6.45) is 2.35. The van der Waals surface area contributed by atoms with Crippen LogP contribution in [0.4, 0.5) is 9.93 Å². The molecule has 0 spiro atoms. The smallest absolute Gasteiger partial charge is 0.323 e. The van der Waals surface area contributed by atoms with Gasteiger partial charge in [0.1, 0.15) is 10.8 Å². The van der Waals surface area contributed by atoms with Crippen molar-refractivity contribution >= 4 is 22.5 Å². The molecule has 1 atom stereocenters. The number of benzene rings is 1. The lowest BCUT2D eigenvalue weighted by molar-refractivity contribution is 0.207. The molecule has 1 aromatic carbocycles. The second kappa shape index (κ2) is 6.54. The zero-order valence-electron chi connectivity index (χ0n) is 13.4. The molecule has 1 N–H and O–H groups in total. The number of carbonyl (C=O) groups excluding carboxylic acids is 1. The van der Waals surface area contributed by atoms with E-state index in [4.69, 9.17) is 4.74 Å². The summed E-state index contributed by atoms with van der Waals surface area (Å²) >= 11 is 1.46. The molecular weight excluding hydrogens is 312 g/mol. The van der Waals surface area contributed by atoms with Crippen LogP contribution >= 0.6 is 11.3 Å². The first-order valence-corrected chi connectivity index (χ1v) is 8.42. The minimum Gasteiger partial charge on any atom is -0.496 e. The van der Waals surface area contributed by atoms with Gasteiger partial charge in [0.05, 0.1) is 13.2 Å². The summed E-state index contributed by atoms with van der Waals surface area (Å²) in [7, 11) is 3.39. The van der Waals surface area contributed by atoms with E-state index in [1.807, 2.05) is 31.2 Å². The summed E-state index contributed by atoms with van der Waals surface area (Å²) < 4.78 is 5.37. The van der Waals surface area contributed by atoms with E-state index in [1.54, 1.807) is 19.1 Å². The molecule has 1 aliphatic carbocycles. The number of anilines is 1. The summed E-state index contributed by atoms with van der Waals surface area (Å²) in [6.45, 7) is 1.97. The van der Waals surface area contributed by atoms with Gasteiger partial charge in [-0.05, 0) is 25.8 Å². The molecule has 6 nitrogen and oxygen atoms in total. The van der Waals surface area contributed by atoms with E-state index in [2.05, 4.69) is 15.5 Å². The number of nitrogens with one attached hydrogen (secondary N) is 1. The molecular formula is C16H20N4O2S. The van der Waals surface area contributed by atoms with E-state index >= 15 is 0 Å². The first-order valence-electron chi connectivity index (χ1n) is 7.60. The lowest BCUT2D eigenvalue weighted by Crippen LogP contribution is -2.33. The predicted molar refractivity (Wildman–Crippen MR) is 90.1 cm³/mol. The fraction of sp³-hybridized carbons (Fsp3) is 0.438. The van der Waals surface area contributed by atoms with Crippen molar-refractivity contribution in [3.63, 3.8) is 0 Å². The first-order chi connectivity index (χ1) is 11.1. The summed E-state index contributed by atoms with van der Waals surface area (Å²) in [5.41, 5.74) is 0.962. The maximum atomic E-state index is 12.4. The van der Waals surface area contributed by atoms with Crippen LogP contribution in [0.25, 0.3) is 0 Å². The van der Waals surface area contributed by atoms with Gasteiger partial charge in [0, 0.05) is 18.5 Å². The number of nitrogens with zero attached hydrogens (tertiary/aromatic N) is 3. The van der Waals surface area contributed by atoms with Gasteiger partial charge in [-0.3, -0.25) is 5.32 Å². The van der Waals surface area contributed by atoms with Crippen LogP contribution < -0.4 is 10.1 Å². The normalized spacial score (nSPS) is 15.1. The molecule has 1 aromatic heterocycles. The van der Waals surface area contributed by atoms with E-state index in [-0.39, 0.29) is 12.1 Å². The summed E-state index contributed by atoms with van der Waals surface area (Å²) in [4.78, 5) is 14.1. The van der Waals surface area contributed by atoms with Crippen molar-refractivity contribution in [3.05, 3.63) is 34.8 Å². The Morgan fingerprint density at radius 1 is 1.39 bits per heavy atom. The first kappa shape index (κ1) is 15.7. The quantitative estimate of drug-likeness (QED) is 0.907. The standard InChI is InChI=1S/C16H20N4O2S/c1-10(12-6-4-5-7-13(12)22-3)20(2)16(21)17-15-19-18-14(23-15)11-8-9-11/h4-7,10-11H,8-9H2,1-3H3,(H,17,19,21)/t10-/m1/s1. The topological polar surface area (TPSA) is 67.3 Å². The third-order valence-corrected chi connectivity index (χ3v) is 5.07. The maximum absolute atomic E-state index is 12.4. The highest BCUT2D eigenvalue weighted by Crippen LogP contribution is 2.42. The number of rotatable bonds is 5. The molecule has 2 amide bonds. The van der Waals surface area contributed by atoms with Crippen LogP contribution in [0.5, 0.6) is 5.75 Å². The highest BCUT2D eigenvalue weighted by Gasteiger charge is 2.28. The van der Waals surface area contributed by atoms with Gasteiger partial charge in [-0.2, -0.15) is 0 Å². The number of amides is 2. The largest absolute Gasteiger partial charge is 0.496 e. The van der Waals surface area contributed by atoms with Crippen LogP contribution in [0.3, 0.4) is 0 Å². The number of urea groups is 1. The van der Waals surface area contributed by atoms with Crippen LogP contribution in [0.1, 0.15) is 42.3 Å². The summed E-state index contributed by atoms with van der Waals surface area (Å²) in [5.74, 6) is 1.31. The molecule has 0 unspecified atom stereocenters. The molecule has 0 aliphatic heterocycles. The second-order valence-electron chi connectivity index (χ2n) is 5.68. The molecule has 1 aliphatic rings. The lowest BCUT2D eigenvalue weighted by Gasteiger charge is -2.26. The van der Waals surface area contributed by atoms with Gasteiger partial charge in [-0.25, -0.2) is 4.79 Å². The third kappa shape index (κ3) is 3.44. The zero-order valence-corrected chi connectivity index (χ0v) is 14.3. The van der Waals surface area contributed by atoms with E-state index in [0.29, 0.717) is 11.0 Å². The van der Waals surface area contributed by atoms with Gasteiger partial charge < -0.3 is 9.64 Å². The highest BCUT2D eigenvalue weighted by atomic mass is 32.1. The third-order valence-electron chi connectivity index (χ3n) is 4.07. The van der Waals surface area contributed by atoms with E-state index in [9.17, 15) is 4.79 Å². The number of hydrogen-bond acceptors (Lipinski definition) is 5. The maximum Gasteiger partial charge on any atom is 0.323 e. The molecule has 1 fully saturated rings. The molecule has 2 aromatic rings. The molecule has 7 heteroatoms. The Labute approximate surface area is 139 Å². The Balaban J connectivity index is 1.68. The number of aromatic nitrogens is 2. The molecule has 23 heavy (non-hydrogen) atoms. The monoisotopic (exact) mass is 332 g/mol. The van der Waals surface area contributed by atoms with Crippen LogP contribution in [-0.2, 0) is 0 Å². The molecule has 122 valence electrons. The van der Waals surface area contributed by atoms with E-state index < -0.39 is 0 Å². The minimum absolute atomic E-state index is 0.123.